The molecule has 0 N–H and O–H groups in total. The standard InChI is InChI=1S/C27H40O/c1-3-5-7-22-9-15-25(16-10-22)26-17-11-24(12-18-26)21-28-27-19-13-23(14-20-27)8-6-4-2/h3,9,13-15,19-20,22,24-26H,1,4-8,10-12,16-18,21H2,2H3. The minimum Gasteiger partial charge on any atom is -0.493 e. The Bertz CT molecular complexity index is 591. The molecule has 1 saturated carbocycles. The summed E-state index contributed by atoms with van der Waals surface area (Å²) >= 11 is 0. The van der Waals surface area contributed by atoms with Gasteiger partial charge in [-0.1, -0.05) is 43.7 Å². The molecular formula is C27H40O. The van der Waals surface area contributed by atoms with Crippen molar-refractivity contribution in [3.05, 3.63) is 54.6 Å². The van der Waals surface area contributed by atoms with Crippen molar-refractivity contribution in [2.24, 2.45) is 23.7 Å². The maximum atomic E-state index is 6.12. The highest BCUT2D eigenvalue weighted by molar-refractivity contribution is 5.27. The molecule has 0 aliphatic heterocycles. The molecule has 0 aromatic heterocycles. The SMILES string of the molecule is C=CCCC1C=CC(C2CCC(COc3ccc(CCCC)cc3)CC2)CC1. The second-order valence-corrected chi connectivity index (χ2v) is 9.09. The van der Waals surface area contributed by atoms with E-state index in [1.54, 1.807) is 0 Å². The summed E-state index contributed by atoms with van der Waals surface area (Å²) in [5.41, 5.74) is 1.43. The van der Waals surface area contributed by atoms with Crippen molar-refractivity contribution in [3.8, 4) is 5.75 Å². The Balaban J connectivity index is 1.36. The zero-order valence-electron chi connectivity index (χ0n) is 18.0. The van der Waals surface area contributed by atoms with Gasteiger partial charge in [-0.3, -0.25) is 0 Å². The van der Waals surface area contributed by atoms with Crippen LogP contribution < -0.4 is 4.74 Å². The van der Waals surface area contributed by atoms with E-state index >= 15 is 0 Å². The highest BCUT2D eigenvalue weighted by atomic mass is 16.5. The lowest BCUT2D eigenvalue weighted by Crippen LogP contribution is -2.25. The Morgan fingerprint density at radius 2 is 1.79 bits per heavy atom. The molecule has 0 spiro atoms. The predicted octanol–water partition coefficient (Wildman–Crippen LogP) is 7.76. The maximum absolute atomic E-state index is 6.12. The van der Waals surface area contributed by atoms with E-state index < -0.39 is 0 Å². The fraction of sp³-hybridized carbons (Fsp3) is 0.630. The van der Waals surface area contributed by atoms with Crippen molar-refractivity contribution < 1.29 is 4.74 Å². The lowest BCUT2D eigenvalue weighted by atomic mass is 9.72. The molecular weight excluding hydrogens is 340 g/mol. The van der Waals surface area contributed by atoms with Crippen LogP contribution in [-0.2, 0) is 6.42 Å². The summed E-state index contributed by atoms with van der Waals surface area (Å²) in [6.07, 6.45) is 21.5. The molecule has 1 heteroatoms. The summed E-state index contributed by atoms with van der Waals surface area (Å²) in [5, 5.41) is 0. The third-order valence-corrected chi connectivity index (χ3v) is 6.97. The Kier molecular flexibility index (Phi) is 8.70. The van der Waals surface area contributed by atoms with Crippen LogP contribution in [0, 0.1) is 23.7 Å². The van der Waals surface area contributed by atoms with Gasteiger partial charge in [0.15, 0.2) is 0 Å². The molecule has 0 radical (unpaired) electrons. The summed E-state index contributed by atoms with van der Waals surface area (Å²) in [6, 6.07) is 8.79. The molecule has 0 bridgehead atoms. The van der Waals surface area contributed by atoms with Crippen LogP contribution in [0.25, 0.3) is 0 Å². The van der Waals surface area contributed by atoms with Gasteiger partial charge >= 0.3 is 0 Å². The zero-order valence-corrected chi connectivity index (χ0v) is 18.0. The molecule has 2 atom stereocenters. The lowest BCUT2D eigenvalue weighted by molar-refractivity contribution is 0.159. The number of ether oxygens (including phenoxy) is 1. The molecule has 1 aromatic carbocycles. The summed E-state index contributed by atoms with van der Waals surface area (Å²) < 4.78 is 6.12. The number of hydrogen-bond acceptors (Lipinski definition) is 1. The molecule has 0 amide bonds. The Morgan fingerprint density at radius 3 is 2.43 bits per heavy atom. The normalized spacial score (nSPS) is 27.5. The number of unbranched alkanes of at least 4 members (excludes halogenated alkanes) is 1. The molecule has 0 heterocycles. The second-order valence-electron chi connectivity index (χ2n) is 9.09. The zero-order chi connectivity index (χ0) is 19.6. The first-order valence-electron chi connectivity index (χ1n) is 11.8. The monoisotopic (exact) mass is 380 g/mol. The minimum atomic E-state index is 0.740. The molecule has 2 unspecified atom stereocenters. The van der Waals surface area contributed by atoms with Crippen molar-refractivity contribution in [3.63, 3.8) is 0 Å². The van der Waals surface area contributed by atoms with Gasteiger partial charge in [-0.05, 0) is 106 Å². The second kappa shape index (κ2) is 11.5. The highest BCUT2D eigenvalue weighted by Crippen LogP contribution is 2.39. The van der Waals surface area contributed by atoms with Crippen molar-refractivity contribution in [2.75, 3.05) is 6.61 Å². The van der Waals surface area contributed by atoms with Gasteiger partial charge in [-0.2, -0.15) is 0 Å². The molecule has 1 fully saturated rings. The molecule has 154 valence electrons. The van der Waals surface area contributed by atoms with E-state index in [9.17, 15) is 0 Å². The fourth-order valence-electron chi connectivity index (χ4n) is 4.99. The summed E-state index contributed by atoms with van der Waals surface area (Å²) in [5.74, 6) is 4.32. The van der Waals surface area contributed by atoms with Gasteiger partial charge in [0, 0.05) is 0 Å². The largest absolute Gasteiger partial charge is 0.493 e. The van der Waals surface area contributed by atoms with E-state index in [1.807, 2.05) is 0 Å². The van der Waals surface area contributed by atoms with Crippen molar-refractivity contribution in [1.82, 2.24) is 0 Å². The topological polar surface area (TPSA) is 9.23 Å². The third kappa shape index (κ3) is 6.54. The molecule has 3 rings (SSSR count). The van der Waals surface area contributed by atoms with Crippen molar-refractivity contribution in [1.29, 1.82) is 0 Å². The van der Waals surface area contributed by atoms with E-state index in [0.717, 1.165) is 42.4 Å². The fourth-order valence-corrected chi connectivity index (χ4v) is 4.99. The van der Waals surface area contributed by atoms with Gasteiger partial charge in [-0.15, -0.1) is 6.58 Å². The number of hydrogen-bond donors (Lipinski definition) is 0. The van der Waals surface area contributed by atoms with Crippen LogP contribution in [0.3, 0.4) is 0 Å². The average molecular weight is 381 g/mol. The first kappa shape index (κ1) is 21.2. The van der Waals surface area contributed by atoms with Gasteiger partial charge in [0.1, 0.15) is 5.75 Å². The highest BCUT2D eigenvalue weighted by Gasteiger charge is 2.28. The molecule has 1 nitrogen and oxygen atoms in total. The van der Waals surface area contributed by atoms with Crippen LogP contribution >= 0.6 is 0 Å². The Morgan fingerprint density at radius 1 is 1.00 bits per heavy atom. The summed E-state index contributed by atoms with van der Waals surface area (Å²) in [7, 11) is 0. The number of allylic oxidation sites excluding steroid dienone is 3. The van der Waals surface area contributed by atoms with Crippen molar-refractivity contribution in [2.45, 2.75) is 77.6 Å². The van der Waals surface area contributed by atoms with Gasteiger partial charge in [0.25, 0.3) is 0 Å². The molecule has 2 aliphatic carbocycles. The van der Waals surface area contributed by atoms with E-state index in [2.05, 4.69) is 56.0 Å². The van der Waals surface area contributed by atoms with Crippen LogP contribution in [0.4, 0.5) is 0 Å². The van der Waals surface area contributed by atoms with Gasteiger partial charge < -0.3 is 4.74 Å². The quantitative estimate of drug-likeness (QED) is 0.377. The molecule has 2 aliphatic rings. The first-order valence-corrected chi connectivity index (χ1v) is 11.8. The number of aryl methyl sites for hydroxylation is 1. The number of rotatable bonds is 10. The molecule has 1 aromatic rings. The van der Waals surface area contributed by atoms with Gasteiger partial charge in [0.05, 0.1) is 6.61 Å². The smallest absolute Gasteiger partial charge is 0.119 e. The van der Waals surface area contributed by atoms with E-state index in [0.29, 0.717) is 0 Å². The first-order chi connectivity index (χ1) is 13.8. The summed E-state index contributed by atoms with van der Waals surface area (Å²) in [4.78, 5) is 0. The number of benzene rings is 1. The minimum absolute atomic E-state index is 0.740. The molecule has 28 heavy (non-hydrogen) atoms. The van der Waals surface area contributed by atoms with E-state index in [-0.39, 0.29) is 0 Å². The van der Waals surface area contributed by atoms with Crippen LogP contribution in [0.1, 0.15) is 76.7 Å². The Labute approximate surface area is 173 Å². The van der Waals surface area contributed by atoms with E-state index in [4.69, 9.17) is 4.74 Å². The third-order valence-electron chi connectivity index (χ3n) is 6.97. The van der Waals surface area contributed by atoms with Gasteiger partial charge in [-0.25, -0.2) is 0 Å². The van der Waals surface area contributed by atoms with Crippen LogP contribution in [0.15, 0.2) is 49.1 Å². The van der Waals surface area contributed by atoms with Crippen LogP contribution in [0.2, 0.25) is 0 Å². The van der Waals surface area contributed by atoms with Gasteiger partial charge in [0.2, 0.25) is 0 Å². The average Bonchev–Trinajstić information content (AvgIpc) is 2.76. The van der Waals surface area contributed by atoms with E-state index in [1.165, 1.54) is 69.8 Å². The summed E-state index contributed by atoms with van der Waals surface area (Å²) in [6.45, 7) is 7.00. The predicted molar refractivity (Wildman–Crippen MR) is 121 cm³/mol. The maximum Gasteiger partial charge on any atom is 0.119 e. The lowest BCUT2D eigenvalue weighted by Gasteiger charge is -2.35. The van der Waals surface area contributed by atoms with Crippen LogP contribution in [0.5, 0.6) is 5.75 Å². The Hall–Kier alpha value is -1.50. The van der Waals surface area contributed by atoms with Crippen LogP contribution in [-0.4, -0.2) is 6.61 Å². The van der Waals surface area contributed by atoms with Crippen molar-refractivity contribution >= 4 is 0 Å². The molecule has 0 saturated heterocycles.